The Bertz CT molecular complexity index is 1150. The highest BCUT2D eigenvalue weighted by molar-refractivity contribution is 8.26. The van der Waals surface area contributed by atoms with Gasteiger partial charge < -0.3 is 15.2 Å². The van der Waals surface area contributed by atoms with E-state index < -0.39 is 6.43 Å². The van der Waals surface area contributed by atoms with Crippen molar-refractivity contribution in [3.05, 3.63) is 47.3 Å². The van der Waals surface area contributed by atoms with Crippen molar-refractivity contribution < 1.29 is 24.5 Å². The Morgan fingerprint density at radius 2 is 2.06 bits per heavy atom. The number of methoxy groups -OCH3 is 1. The van der Waals surface area contributed by atoms with Gasteiger partial charge in [-0.05, 0) is 74.4 Å². The number of nitrogens with zero attached hydrogens (tertiary/aromatic N) is 2. The van der Waals surface area contributed by atoms with Crippen molar-refractivity contribution in [1.29, 1.82) is 10.8 Å². The number of pyridine rings is 1. The summed E-state index contributed by atoms with van der Waals surface area (Å²) in [5.41, 5.74) is 6.69. The number of aldehydes is 1. The minimum absolute atomic E-state index is 0. The van der Waals surface area contributed by atoms with Crippen LogP contribution in [0.3, 0.4) is 0 Å². The third-order valence-electron chi connectivity index (χ3n) is 4.66. The fourth-order valence-electron chi connectivity index (χ4n) is 2.85. The van der Waals surface area contributed by atoms with E-state index in [1.54, 1.807) is 6.07 Å². The first-order chi connectivity index (χ1) is 17.1. The first kappa shape index (κ1) is 28.9. The summed E-state index contributed by atoms with van der Waals surface area (Å²) in [6.45, 7) is 0.651. The van der Waals surface area contributed by atoms with Gasteiger partial charge in [0.05, 0.1) is 26.1 Å². The SMILES string of the molecule is COc1ccc(C(F)F)cc1-c1cc(COCN(C)C)ncc1C=O.N=C(N)SC(=N)C#CC1CC1.[HH]. The summed E-state index contributed by atoms with van der Waals surface area (Å²) < 4.78 is 36.9. The zero-order valence-electron chi connectivity index (χ0n) is 20.3. The zero-order valence-corrected chi connectivity index (χ0v) is 21.1. The molecule has 11 heteroatoms. The van der Waals surface area contributed by atoms with Crippen LogP contribution in [0.15, 0.2) is 30.5 Å². The number of hydrogen-bond acceptors (Lipinski definition) is 8. The third-order valence-corrected chi connectivity index (χ3v) is 5.19. The molecule has 0 radical (unpaired) electrons. The van der Waals surface area contributed by atoms with Gasteiger partial charge in [0.15, 0.2) is 11.5 Å². The van der Waals surface area contributed by atoms with E-state index in [0.29, 0.717) is 47.1 Å². The number of carbonyl (C=O) groups is 1. The number of hydrogen-bond donors (Lipinski definition) is 3. The molecule has 0 atom stereocenters. The molecule has 0 unspecified atom stereocenters. The third kappa shape index (κ3) is 9.73. The molecule has 3 rings (SSSR count). The van der Waals surface area contributed by atoms with Crippen molar-refractivity contribution in [3.63, 3.8) is 0 Å². The van der Waals surface area contributed by atoms with Crippen molar-refractivity contribution in [1.82, 2.24) is 9.88 Å². The minimum Gasteiger partial charge on any atom is -0.496 e. The van der Waals surface area contributed by atoms with E-state index in [9.17, 15) is 13.6 Å². The molecule has 8 nitrogen and oxygen atoms in total. The molecule has 1 fully saturated rings. The van der Waals surface area contributed by atoms with E-state index in [1.165, 1.54) is 31.5 Å². The van der Waals surface area contributed by atoms with Gasteiger partial charge in [-0.15, -0.1) is 0 Å². The molecule has 1 aromatic heterocycles. The molecule has 1 aromatic carbocycles. The monoisotopic (exact) mass is 519 g/mol. The lowest BCUT2D eigenvalue weighted by Crippen LogP contribution is -2.16. The number of halogens is 2. The number of aromatic nitrogens is 1. The van der Waals surface area contributed by atoms with Gasteiger partial charge in [0.1, 0.15) is 10.8 Å². The van der Waals surface area contributed by atoms with Crippen LogP contribution in [0.5, 0.6) is 5.75 Å². The molecule has 0 bridgehead atoms. The molecule has 194 valence electrons. The fourth-order valence-corrected chi connectivity index (χ4v) is 3.18. The predicted octanol–water partition coefficient (Wildman–Crippen LogP) is 4.79. The van der Waals surface area contributed by atoms with E-state index in [4.69, 9.17) is 26.0 Å². The number of alkyl halides is 2. The van der Waals surface area contributed by atoms with Crippen molar-refractivity contribution in [3.8, 4) is 28.7 Å². The van der Waals surface area contributed by atoms with Gasteiger partial charge in [-0.3, -0.25) is 25.5 Å². The number of nitrogens with one attached hydrogen (secondary N) is 2. The van der Waals surface area contributed by atoms with Crippen molar-refractivity contribution in [2.45, 2.75) is 25.9 Å². The van der Waals surface area contributed by atoms with E-state index in [1.807, 2.05) is 19.0 Å². The second-order valence-corrected chi connectivity index (χ2v) is 9.09. The van der Waals surface area contributed by atoms with E-state index >= 15 is 0 Å². The molecular formula is C25H31F2N5O3S. The lowest BCUT2D eigenvalue weighted by molar-refractivity contribution is 0.0434. The Kier molecular flexibility index (Phi) is 11.5. The van der Waals surface area contributed by atoms with Crippen LogP contribution in [0.25, 0.3) is 11.1 Å². The van der Waals surface area contributed by atoms with Gasteiger partial charge in [-0.1, -0.05) is 5.92 Å². The van der Waals surface area contributed by atoms with Crippen LogP contribution >= 0.6 is 11.8 Å². The van der Waals surface area contributed by atoms with Crippen LogP contribution < -0.4 is 10.5 Å². The molecule has 4 N–H and O–H groups in total. The van der Waals surface area contributed by atoms with Crippen LogP contribution in [0.2, 0.25) is 0 Å². The maximum Gasteiger partial charge on any atom is 0.263 e. The predicted molar refractivity (Wildman–Crippen MR) is 140 cm³/mol. The van der Waals surface area contributed by atoms with Crippen molar-refractivity contribution in [2.24, 2.45) is 11.7 Å². The Balaban J connectivity index is 0.000000479. The summed E-state index contributed by atoms with van der Waals surface area (Å²) in [4.78, 5) is 17.4. The summed E-state index contributed by atoms with van der Waals surface area (Å²) in [6.07, 6.45) is 1.75. The molecule has 1 aliphatic carbocycles. The van der Waals surface area contributed by atoms with Gasteiger partial charge in [0, 0.05) is 30.2 Å². The average molecular weight is 520 g/mol. The Morgan fingerprint density at radius 3 is 2.61 bits per heavy atom. The summed E-state index contributed by atoms with van der Waals surface area (Å²) in [7, 11) is 5.19. The number of carbonyl (C=O) groups excluding carboxylic acids is 1. The topological polar surface area (TPSA) is 125 Å². The number of nitrogens with two attached hydrogens (primary N) is 1. The lowest BCUT2D eigenvalue weighted by Gasteiger charge is -2.14. The van der Waals surface area contributed by atoms with Gasteiger partial charge in [0.2, 0.25) is 0 Å². The molecule has 0 spiro atoms. The molecular weight excluding hydrogens is 488 g/mol. The van der Waals surface area contributed by atoms with Gasteiger partial charge in [-0.2, -0.15) is 0 Å². The molecule has 0 amide bonds. The van der Waals surface area contributed by atoms with Crippen LogP contribution in [-0.2, 0) is 11.3 Å². The maximum absolute atomic E-state index is 13.1. The Morgan fingerprint density at radius 1 is 1.33 bits per heavy atom. The summed E-state index contributed by atoms with van der Waals surface area (Å²) in [6, 6.07) is 5.76. The van der Waals surface area contributed by atoms with E-state index in [0.717, 1.165) is 24.6 Å². The van der Waals surface area contributed by atoms with Crippen LogP contribution in [0.1, 0.15) is 42.3 Å². The standard InChI is InChI=1S/C18H20F2N2O3.C7H9N3S.H2/c1-22(2)11-25-10-14-7-15(13(9-23)8-21-14)16-6-12(18(19)20)4-5-17(16)24-3;8-6(11-7(9)10)4-3-5-1-2-5;/h4-9,18H,10-11H2,1-3H3;5,8H,1-2H2,(H3,9,10);1H. The van der Waals surface area contributed by atoms with E-state index in [2.05, 4.69) is 16.8 Å². The highest BCUT2D eigenvalue weighted by Crippen LogP contribution is 2.35. The molecule has 0 saturated heterocycles. The molecule has 1 aliphatic rings. The Labute approximate surface area is 215 Å². The summed E-state index contributed by atoms with van der Waals surface area (Å²) in [5, 5.41) is 14.2. The maximum atomic E-state index is 13.1. The highest BCUT2D eigenvalue weighted by atomic mass is 32.2. The second-order valence-electron chi connectivity index (χ2n) is 8.04. The van der Waals surface area contributed by atoms with E-state index in [-0.39, 0.29) is 23.8 Å². The number of amidine groups is 1. The lowest BCUT2D eigenvalue weighted by atomic mass is 9.98. The van der Waals surface area contributed by atoms with Gasteiger partial charge >= 0.3 is 0 Å². The Hall–Kier alpha value is -3.33. The van der Waals surface area contributed by atoms with Crippen molar-refractivity contribution >= 4 is 28.3 Å². The quantitative estimate of drug-likeness (QED) is 0.150. The summed E-state index contributed by atoms with van der Waals surface area (Å²) >= 11 is 0.895. The molecule has 1 saturated carbocycles. The number of benzene rings is 1. The smallest absolute Gasteiger partial charge is 0.263 e. The zero-order chi connectivity index (χ0) is 26.7. The van der Waals surface area contributed by atoms with Gasteiger partial charge in [0.25, 0.3) is 6.43 Å². The van der Waals surface area contributed by atoms with Crippen molar-refractivity contribution in [2.75, 3.05) is 27.9 Å². The number of thioether (sulfide) groups is 1. The van der Waals surface area contributed by atoms with Crippen LogP contribution in [0, 0.1) is 28.6 Å². The van der Waals surface area contributed by atoms with Crippen LogP contribution in [0.4, 0.5) is 8.78 Å². The van der Waals surface area contributed by atoms with Gasteiger partial charge in [-0.25, -0.2) is 8.78 Å². The fraction of sp³-hybridized carbons (Fsp3) is 0.360. The largest absolute Gasteiger partial charge is 0.496 e. The second kappa shape index (κ2) is 14.3. The minimum atomic E-state index is -2.62. The number of ether oxygens (including phenoxy) is 2. The molecule has 2 aromatic rings. The van der Waals surface area contributed by atoms with Crippen LogP contribution in [-0.4, -0.2) is 54.3 Å². The average Bonchev–Trinajstić information content (AvgIpc) is 3.66. The molecule has 36 heavy (non-hydrogen) atoms. The first-order valence-electron chi connectivity index (χ1n) is 10.9. The molecule has 0 aliphatic heterocycles. The first-order valence-corrected chi connectivity index (χ1v) is 11.7. The highest BCUT2D eigenvalue weighted by Gasteiger charge is 2.18. The molecule has 1 heterocycles. The summed E-state index contributed by atoms with van der Waals surface area (Å²) in [5.74, 6) is 6.47. The normalized spacial score (nSPS) is 12.3. The number of rotatable bonds is 8.